The van der Waals surface area contributed by atoms with Crippen molar-refractivity contribution in [2.75, 3.05) is 32.8 Å². The highest BCUT2D eigenvalue weighted by Gasteiger charge is 2.30. The Morgan fingerprint density at radius 2 is 2.29 bits per heavy atom. The van der Waals surface area contributed by atoms with Crippen molar-refractivity contribution in [1.82, 2.24) is 10.2 Å². The van der Waals surface area contributed by atoms with E-state index in [4.69, 9.17) is 4.74 Å². The SMILES string of the molecule is CCCNC(C)C1CCCN(C2CCOC2)C1. The normalized spacial score (nSPS) is 32.8. The molecule has 100 valence electrons. The van der Waals surface area contributed by atoms with Crippen LogP contribution in [0.1, 0.15) is 39.5 Å². The maximum Gasteiger partial charge on any atom is 0.0622 e. The fourth-order valence-corrected chi connectivity index (χ4v) is 3.13. The van der Waals surface area contributed by atoms with E-state index in [0.717, 1.165) is 25.7 Å². The molecule has 0 spiro atoms. The van der Waals surface area contributed by atoms with Crippen molar-refractivity contribution in [3.05, 3.63) is 0 Å². The van der Waals surface area contributed by atoms with E-state index in [-0.39, 0.29) is 0 Å². The minimum Gasteiger partial charge on any atom is -0.380 e. The van der Waals surface area contributed by atoms with Crippen LogP contribution in [-0.4, -0.2) is 49.8 Å². The number of rotatable bonds is 5. The third-order valence-corrected chi connectivity index (χ3v) is 4.33. The van der Waals surface area contributed by atoms with Gasteiger partial charge in [0.2, 0.25) is 0 Å². The molecule has 3 unspecified atom stereocenters. The van der Waals surface area contributed by atoms with Crippen LogP contribution in [0.2, 0.25) is 0 Å². The third-order valence-electron chi connectivity index (χ3n) is 4.33. The van der Waals surface area contributed by atoms with Gasteiger partial charge in [-0.25, -0.2) is 0 Å². The predicted octanol–water partition coefficient (Wildman–Crippen LogP) is 1.88. The summed E-state index contributed by atoms with van der Waals surface area (Å²) < 4.78 is 5.51. The van der Waals surface area contributed by atoms with Gasteiger partial charge in [0.05, 0.1) is 6.61 Å². The maximum absolute atomic E-state index is 5.51. The van der Waals surface area contributed by atoms with E-state index >= 15 is 0 Å². The Kier molecular flexibility index (Phi) is 5.26. The van der Waals surface area contributed by atoms with Gasteiger partial charge in [0, 0.05) is 25.2 Å². The van der Waals surface area contributed by atoms with E-state index in [2.05, 4.69) is 24.1 Å². The van der Waals surface area contributed by atoms with Gasteiger partial charge in [-0.1, -0.05) is 6.92 Å². The van der Waals surface area contributed by atoms with E-state index in [9.17, 15) is 0 Å². The first kappa shape index (κ1) is 13.3. The van der Waals surface area contributed by atoms with Crippen molar-refractivity contribution >= 4 is 0 Å². The summed E-state index contributed by atoms with van der Waals surface area (Å²) >= 11 is 0. The van der Waals surface area contributed by atoms with Gasteiger partial charge in [-0.15, -0.1) is 0 Å². The molecule has 2 saturated heterocycles. The molecule has 2 fully saturated rings. The Morgan fingerprint density at radius 3 is 3.00 bits per heavy atom. The van der Waals surface area contributed by atoms with Crippen LogP contribution in [0.4, 0.5) is 0 Å². The van der Waals surface area contributed by atoms with E-state index < -0.39 is 0 Å². The largest absolute Gasteiger partial charge is 0.380 e. The molecule has 2 heterocycles. The summed E-state index contributed by atoms with van der Waals surface area (Å²) in [5, 5.41) is 3.66. The van der Waals surface area contributed by atoms with Crippen LogP contribution >= 0.6 is 0 Å². The number of likely N-dealkylation sites (tertiary alicyclic amines) is 1. The fourth-order valence-electron chi connectivity index (χ4n) is 3.13. The van der Waals surface area contributed by atoms with E-state index in [1.165, 1.54) is 38.8 Å². The lowest BCUT2D eigenvalue weighted by atomic mass is 9.90. The van der Waals surface area contributed by atoms with Gasteiger partial charge in [0.15, 0.2) is 0 Å². The van der Waals surface area contributed by atoms with Gasteiger partial charge in [-0.2, -0.15) is 0 Å². The van der Waals surface area contributed by atoms with E-state index in [0.29, 0.717) is 12.1 Å². The molecule has 3 atom stereocenters. The Labute approximate surface area is 106 Å². The summed E-state index contributed by atoms with van der Waals surface area (Å²) in [4.78, 5) is 2.67. The Hall–Kier alpha value is -0.120. The highest BCUT2D eigenvalue weighted by molar-refractivity contribution is 4.85. The van der Waals surface area contributed by atoms with Crippen molar-refractivity contribution in [2.45, 2.75) is 51.6 Å². The summed E-state index contributed by atoms with van der Waals surface area (Å²) in [6.45, 7) is 10.2. The van der Waals surface area contributed by atoms with Gasteiger partial charge in [0.25, 0.3) is 0 Å². The summed E-state index contributed by atoms with van der Waals surface area (Å²) in [6, 6.07) is 1.37. The summed E-state index contributed by atoms with van der Waals surface area (Å²) in [5.74, 6) is 0.830. The molecule has 2 aliphatic heterocycles. The number of ether oxygens (including phenoxy) is 1. The third kappa shape index (κ3) is 3.67. The molecule has 0 amide bonds. The second-order valence-corrected chi connectivity index (χ2v) is 5.66. The number of hydrogen-bond donors (Lipinski definition) is 1. The zero-order valence-corrected chi connectivity index (χ0v) is 11.5. The number of nitrogens with zero attached hydrogens (tertiary/aromatic N) is 1. The molecule has 17 heavy (non-hydrogen) atoms. The first-order valence-corrected chi connectivity index (χ1v) is 7.36. The van der Waals surface area contributed by atoms with Crippen LogP contribution in [-0.2, 0) is 4.74 Å². The molecule has 0 saturated carbocycles. The average molecular weight is 240 g/mol. The minimum atomic E-state index is 0.667. The predicted molar refractivity (Wildman–Crippen MR) is 71.3 cm³/mol. The first-order valence-electron chi connectivity index (χ1n) is 7.36. The molecular formula is C14H28N2O. The van der Waals surface area contributed by atoms with Gasteiger partial charge in [-0.3, -0.25) is 4.90 Å². The fraction of sp³-hybridized carbons (Fsp3) is 1.00. The number of hydrogen-bond acceptors (Lipinski definition) is 3. The minimum absolute atomic E-state index is 0.667. The molecule has 3 nitrogen and oxygen atoms in total. The van der Waals surface area contributed by atoms with Crippen LogP contribution in [0.15, 0.2) is 0 Å². The van der Waals surface area contributed by atoms with Gasteiger partial charge in [0.1, 0.15) is 0 Å². The second-order valence-electron chi connectivity index (χ2n) is 5.66. The Balaban J connectivity index is 1.79. The van der Waals surface area contributed by atoms with Gasteiger partial charge >= 0.3 is 0 Å². The maximum atomic E-state index is 5.51. The first-order chi connectivity index (χ1) is 8.31. The quantitative estimate of drug-likeness (QED) is 0.794. The van der Waals surface area contributed by atoms with Crippen molar-refractivity contribution < 1.29 is 4.74 Å². The summed E-state index contributed by atoms with van der Waals surface area (Å²) in [5.41, 5.74) is 0. The highest BCUT2D eigenvalue weighted by atomic mass is 16.5. The Morgan fingerprint density at radius 1 is 1.41 bits per heavy atom. The molecule has 0 aliphatic carbocycles. The Bertz CT molecular complexity index is 216. The molecule has 2 aliphatic rings. The number of nitrogens with one attached hydrogen (secondary N) is 1. The van der Waals surface area contributed by atoms with E-state index in [1.54, 1.807) is 0 Å². The smallest absolute Gasteiger partial charge is 0.0622 e. The molecule has 0 aromatic rings. The van der Waals surface area contributed by atoms with Gasteiger partial charge < -0.3 is 10.1 Å². The van der Waals surface area contributed by atoms with Crippen molar-refractivity contribution in [3.8, 4) is 0 Å². The van der Waals surface area contributed by atoms with Gasteiger partial charge in [-0.05, 0) is 51.6 Å². The summed E-state index contributed by atoms with van der Waals surface area (Å²) in [7, 11) is 0. The molecule has 1 N–H and O–H groups in total. The monoisotopic (exact) mass is 240 g/mol. The van der Waals surface area contributed by atoms with Crippen molar-refractivity contribution in [2.24, 2.45) is 5.92 Å². The van der Waals surface area contributed by atoms with Crippen LogP contribution in [0.25, 0.3) is 0 Å². The van der Waals surface area contributed by atoms with Crippen LogP contribution in [0.5, 0.6) is 0 Å². The number of piperidine rings is 1. The lowest BCUT2D eigenvalue weighted by Gasteiger charge is -2.38. The summed E-state index contributed by atoms with van der Waals surface area (Å²) in [6.07, 6.45) is 5.22. The lowest BCUT2D eigenvalue weighted by Crippen LogP contribution is -2.48. The molecule has 0 bridgehead atoms. The zero-order valence-electron chi connectivity index (χ0n) is 11.5. The van der Waals surface area contributed by atoms with Crippen LogP contribution in [0.3, 0.4) is 0 Å². The molecule has 0 aromatic carbocycles. The van der Waals surface area contributed by atoms with Crippen molar-refractivity contribution in [1.29, 1.82) is 0 Å². The van der Waals surface area contributed by atoms with Crippen molar-refractivity contribution in [3.63, 3.8) is 0 Å². The molecular weight excluding hydrogens is 212 g/mol. The highest BCUT2D eigenvalue weighted by Crippen LogP contribution is 2.24. The average Bonchev–Trinajstić information content (AvgIpc) is 2.90. The molecule has 0 radical (unpaired) electrons. The molecule has 2 rings (SSSR count). The van der Waals surface area contributed by atoms with Crippen LogP contribution in [0, 0.1) is 5.92 Å². The second kappa shape index (κ2) is 6.72. The molecule has 0 aromatic heterocycles. The standard InChI is InChI=1S/C14H28N2O/c1-3-7-15-12(2)13-5-4-8-16(10-13)14-6-9-17-11-14/h12-15H,3-11H2,1-2H3. The van der Waals surface area contributed by atoms with E-state index in [1.807, 2.05) is 0 Å². The van der Waals surface area contributed by atoms with Crippen LogP contribution < -0.4 is 5.32 Å². The molecule has 3 heteroatoms. The zero-order chi connectivity index (χ0) is 12.1. The topological polar surface area (TPSA) is 24.5 Å². The lowest BCUT2D eigenvalue weighted by molar-refractivity contribution is 0.0920.